The van der Waals surface area contributed by atoms with Crippen LogP contribution in [-0.2, 0) is 6.42 Å². The van der Waals surface area contributed by atoms with Crippen LogP contribution in [0.3, 0.4) is 0 Å². The zero-order chi connectivity index (χ0) is 12.1. The van der Waals surface area contributed by atoms with Crippen molar-refractivity contribution in [3.8, 4) is 0 Å². The maximum Gasteiger partial charge on any atom is 0.266 e. The lowest BCUT2D eigenvalue weighted by Gasteiger charge is -2.24. The Bertz CT molecular complexity index is 333. The van der Waals surface area contributed by atoms with Gasteiger partial charge in [0.05, 0.1) is 0 Å². The SMILES string of the molecule is CNC(C)CCc1nc(N2CCCCC2)no1. The molecular weight excluding hydrogens is 216 g/mol. The van der Waals surface area contributed by atoms with Gasteiger partial charge in [-0.1, -0.05) is 0 Å². The van der Waals surface area contributed by atoms with Crippen molar-refractivity contribution in [2.45, 2.75) is 45.1 Å². The Hall–Kier alpha value is -1.10. The molecule has 2 rings (SSSR count). The van der Waals surface area contributed by atoms with Crippen LogP contribution in [0.25, 0.3) is 0 Å². The number of aryl methyl sites for hydroxylation is 1. The van der Waals surface area contributed by atoms with E-state index in [1.54, 1.807) is 0 Å². The van der Waals surface area contributed by atoms with Crippen molar-refractivity contribution in [3.63, 3.8) is 0 Å². The van der Waals surface area contributed by atoms with E-state index >= 15 is 0 Å². The van der Waals surface area contributed by atoms with Gasteiger partial charge in [-0.05, 0) is 44.8 Å². The van der Waals surface area contributed by atoms with Crippen LogP contribution in [-0.4, -0.2) is 36.3 Å². The van der Waals surface area contributed by atoms with E-state index in [1.807, 2.05) is 7.05 Å². The second kappa shape index (κ2) is 6.00. The van der Waals surface area contributed by atoms with Crippen LogP contribution in [0.15, 0.2) is 4.52 Å². The summed E-state index contributed by atoms with van der Waals surface area (Å²) in [4.78, 5) is 6.68. The minimum Gasteiger partial charge on any atom is -0.338 e. The molecule has 0 aromatic carbocycles. The van der Waals surface area contributed by atoms with Crippen LogP contribution in [0.5, 0.6) is 0 Å². The van der Waals surface area contributed by atoms with Crippen LogP contribution in [0.4, 0.5) is 5.95 Å². The molecule has 96 valence electrons. The van der Waals surface area contributed by atoms with Crippen LogP contribution in [0, 0.1) is 0 Å². The molecule has 1 atom stereocenters. The highest BCUT2D eigenvalue weighted by Gasteiger charge is 2.16. The fraction of sp³-hybridized carbons (Fsp3) is 0.833. The maximum atomic E-state index is 5.28. The Labute approximate surface area is 103 Å². The number of rotatable bonds is 5. The summed E-state index contributed by atoms with van der Waals surface area (Å²) in [5.41, 5.74) is 0. The van der Waals surface area contributed by atoms with E-state index in [0.717, 1.165) is 37.8 Å². The number of aromatic nitrogens is 2. The number of hydrogen-bond acceptors (Lipinski definition) is 5. The predicted molar refractivity (Wildman–Crippen MR) is 67.2 cm³/mol. The van der Waals surface area contributed by atoms with Gasteiger partial charge in [-0.2, -0.15) is 4.98 Å². The van der Waals surface area contributed by atoms with Crippen molar-refractivity contribution in [1.29, 1.82) is 0 Å². The van der Waals surface area contributed by atoms with Crippen molar-refractivity contribution in [3.05, 3.63) is 5.89 Å². The second-order valence-corrected chi connectivity index (χ2v) is 4.76. The summed E-state index contributed by atoms with van der Waals surface area (Å²) in [6.45, 7) is 4.28. The number of nitrogens with one attached hydrogen (secondary N) is 1. The Balaban J connectivity index is 1.86. The van der Waals surface area contributed by atoms with Gasteiger partial charge in [-0.15, -0.1) is 0 Å². The topological polar surface area (TPSA) is 54.2 Å². The number of piperidine rings is 1. The zero-order valence-corrected chi connectivity index (χ0v) is 10.8. The quantitative estimate of drug-likeness (QED) is 0.844. The lowest BCUT2D eigenvalue weighted by molar-refractivity contribution is 0.367. The average Bonchev–Trinajstić information content (AvgIpc) is 2.86. The molecule has 1 unspecified atom stereocenters. The smallest absolute Gasteiger partial charge is 0.266 e. The molecule has 1 fully saturated rings. The largest absolute Gasteiger partial charge is 0.338 e. The summed E-state index contributed by atoms with van der Waals surface area (Å²) >= 11 is 0. The number of hydrogen-bond donors (Lipinski definition) is 1. The first-order chi connectivity index (χ1) is 8.29. The van der Waals surface area contributed by atoms with Crippen LogP contribution < -0.4 is 10.2 Å². The van der Waals surface area contributed by atoms with E-state index in [-0.39, 0.29) is 0 Å². The fourth-order valence-corrected chi connectivity index (χ4v) is 2.05. The summed E-state index contributed by atoms with van der Waals surface area (Å²) in [6.07, 6.45) is 5.67. The van der Waals surface area contributed by atoms with Crippen molar-refractivity contribution in [2.75, 3.05) is 25.0 Å². The van der Waals surface area contributed by atoms with E-state index in [9.17, 15) is 0 Å². The highest BCUT2D eigenvalue weighted by Crippen LogP contribution is 2.16. The van der Waals surface area contributed by atoms with Gasteiger partial charge in [-0.3, -0.25) is 0 Å². The first kappa shape index (κ1) is 12.4. The van der Waals surface area contributed by atoms with Gasteiger partial charge < -0.3 is 14.7 Å². The average molecular weight is 238 g/mol. The van der Waals surface area contributed by atoms with Gasteiger partial charge in [0.15, 0.2) is 0 Å². The van der Waals surface area contributed by atoms with Gasteiger partial charge in [0.2, 0.25) is 5.89 Å². The van der Waals surface area contributed by atoms with E-state index < -0.39 is 0 Å². The van der Waals surface area contributed by atoms with Crippen molar-refractivity contribution in [1.82, 2.24) is 15.5 Å². The summed E-state index contributed by atoms with van der Waals surface area (Å²) in [7, 11) is 1.97. The second-order valence-electron chi connectivity index (χ2n) is 4.76. The Morgan fingerprint density at radius 2 is 2.12 bits per heavy atom. The van der Waals surface area contributed by atoms with E-state index in [4.69, 9.17) is 4.52 Å². The molecule has 1 aliphatic heterocycles. The minimum absolute atomic E-state index is 0.486. The molecule has 1 saturated heterocycles. The molecule has 0 amide bonds. The molecule has 1 aliphatic rings. The summed E-state index contributed by atoms with van der Waals surface area (Å²) in [5, 5.41) is 7.27. The van der Waals surface area contributed by atoms with Crippen LogP contribution >= 0.6 is 0 Å². The minimum atomic E-state index is 0.486. The standard InChI is InChI=1S/C12H22N4O/c1-10(13-2)6-7-11-14-12(15-17-11)16-8-4-3-5-9-16/h10,13H,3-9H2,1-2H3. The highest BCUT2D eigenvalue weighted by atomic mass is 16.5. The first-order valence-electron chi connectivity index (χ1n) is 6.54. The molecular formula is C12H22N4O. The molecule has 0 radical (unpaired) electrons. The molecule has 17 heavy (non-hydrogen) atoms. The first-order valence-corrected chi connectivity index (χ1v) is 6.54. The fourth-order valence-electron chi connectivity index (χ4n) is 2.05. The Morgan fingerprint density at radius 3 is 2.82 bits per heavy atom. The number of nitrogens with zero attached hydrogens (tertiary/aromatic N) is 3. The third kappa shape index (κ3) is 3.43. The van der Waals surface area contributed by atoms with Crippen molar-refractivity contribution >= 4 is 5.95 Å². The molecule has 0 spiro atoms. The Kier molecular flexibility index (Phi) is 4.36. The molecule has 1 aromatic rings. The molecule has 1 N–H and O–H groups in total. The highest BCUT2D eigenvalue weighted by molar-refractivity contribution is 5.27. The Morgan fingerprint density at radius 1 is 1.35 bits per heavy atom. The van der Waals surface area contributed by atoms with E-state index in [0.29, 0.717) is 6.04 Å². The number of anilines is 1. The molecule has 1 aromatic heterocycles. The van der Waals surface area contributed by atoms with Crippen molar-refractivity contribution in [2.24, 2.45) is 0 Å². The van der Waals surface area contributed by atoms with Crippen LogP contribution in [0.1, 0.15) is 38.5 Å². The zero-order valence-electron chi connectivity index (χ0n) is 10.8. The third-order valence-electron chi connectivity index (χ3n) is 3.38. The van der Waals surface area contributed by atoms with Crippen molar-refractivity contribution < 1.29 is 4.52 Å². The van der Waals surface area contributed by atoms with Crippen LogP contribution in [0.2, 0.25) is 0 Å². The predicted octanol–water partition coefficient (Wildman–Crippen LogP) is 1.60. The van der Waals surface area contributed by atoms with E-state index in [1.165, 1.54) is 19.3 Å². The maximum absolute atomic E-state index is 5.28. The third-order valence-corrected chi connectivity index (χ3v) is 3.38. The summed E-state index contributed by atoms with van der Waals surface area (Å²) < 4.78 is 5.28. The van der Waals surface area contributed by atoms with Gasteiger partial charge in [0.25, 0.3) is 5.95 Å². The molecule has 0 aliphatic carbocycles. The molecule has 2 heterocycles. The van der Waals surface area contributed by atoms with Gasteiger partial charge in [0, 0.05) is 25.6 Å². The van der Waals surface area contributed by atoms with Gasteiger partial charge in [0.1, 0.15) is 0 Å². The summed E-state index contributed by atoms with van der Waals surface area (Å²) in [6, 6.07) is 0.486. The normalized spacial score (nSPS) is 18.4. The monoisotopic (exact) mass is 238 g/mol. The van der Waals surface area contributed by atoms with Gasteiger partial charge in [-0.25, -0.2) is 0 Å². The lowest BCUT2D eigenvalue weighted by Crippen LogP contribution is -2.30. The molecule has 5 heteroatoms. The molecule has 5 nitrogen and oxygen atoms in total. The molecule has 0 bridgehead atoms. The van der Waals surface area contributed by atoms with Gasteiger partial charge >= 0.3 is 0 Å². The molecule has 0 saturated carbocycles. The summed E-state index contributed by atoms with van der Waals surface area (Å²) in [5.74, 6) is 1.53. The van der Waals surface area contributed by atoms with E-state index in [2.05, 4.69) is 27.3 Å². The lowest BCUT2D eigenvalue weighted by atomic mass is 10.1.